The molecule has 1 heterocycles. The molecule has 1 fully saturated rings. The van der Waals surface area contributed by atoms with Gasteiger partial charge < -0.3 is 10.3 Å². The SMILES string of the molecule is O=C(CCCn1c(=O)[nH]c2ccccc2c1=O)NC[C@H]1C[C@@H]2C=C[C@@H]1C2. The van der Waals surface area contributed by atoms with Crippen molar-refractivity contribution in [3.05, 3.63) is 57.3 Å². The molecule has 2 aromatic rings. The van der Waals surface area contributed by atoms with E-state index >= 15 is 0 Å². The molecule has 0 unspecified atom stereocenters. The Morgan fingerprint density at radius 2 is 2.04 bits per heavy atom. The molecule has 2 aliphatic rings. The Hall–Kier alpha value is -2.63. The van der Waals surface area contributed by atoms with Crippen LogP contribution >= 0.6 is 0 Å². The first-order chi connectivity index (χ1) is 12.6. The normalized spacial score (nSPS) is 23.6. The molecule has 6 nitrogen and oxygen atoms in total. The van der Waals surface area contributed by atoms with Crippen LogP contribution in [-0.4, -0.2) is 22.0 Å². The quantitative estimate of drug-likeness (QED) is 0.777. The second-order valence-electron chi connectivity index (χ2n) is 7.38. The van der Waals surface area contributed by atoms with Gasteiger partial charge in [0.1, 0.15) is 0 Å². The molecule has 1 saturated carbocycles. The summed E-state index contributed by atoms with van der Waals surface area (Å²) in [6.07, 6.45) is 7.75. The fourth-order valence-electron chi connectivity index (χ4n) is 4.26. The molecule has 6 heteroatoms. The zero-order valence-corrected chi connectivity index (χ0v) is 14.6. The smallest absolute Gasteiger partial charge is 0.328 e. The summed E-state index contributed by atoms with van der Waals surface area (Å²) in [5.41, 5.74) is -0.196. The molecule has 1 amide bonds. The molecule has 2 bridgehead atoms. The van der Waals surface area contributed by atoms with Crippen LogP contribution in [0.3, 0.4) is 0 Å². The molecule has 2 aliphatic carbocycles. The van der Waals surface area contributed by atoms with Gasteiger partial charge in [-0.3, -0.25) is 14.2 Å². The van der Waals surface area contributed by atoms with E-state index in [9.17, 15) is 14.4 Å². The van der Waals surface area contributed by atoms with Crippen molar-refractivity contribution in [2.24, 2.45) is 17.8 Å². The summed E-state index contributed by atoms with van der Waals surface area (Å²) in [5, 5.41) is 3.50. The number of H-pyrrole nitrogens is 1. The third kappa shape index (κ3) is 3.23. The molecule has 136 valence electrons. The number of nitrogens with zero attached hydrogens (tertiary/aromatic N) is 1. The maximum atomic E-state index is 12.4. The zero-order valence-electron chi connectivity index (χ0n) is 14.6. The summed E-state index contributed by atoms with van der Waals surface area (Å²) in [6.45, 7) is 0.962. The Labute approximate surface area is 150 Å². The van der Waals surface area contributed by atoms with E-state index in [1.54, 1.807) is 24.3 Å². The van der Waals surface area contributed by atoms with Gasteiger partial charge >= 0.3 is 5.69 Å². The summed E-state index contributed by atoms with van der Waals surface area (Å²) in [4.78, 5) is 39.3. The third-order valence-electron chi connectivity index (χ3n) is 5.65. The van der Waals surface area contributed by atoms with Crippen LogP contribution < -0.4 is 16.6 Å². The van der Waals surface area contributed by atoms with Crippen molar-refractivity contribution in [1.82, 2.24) is 14.9 Å². The molecule has 26 heavy (non-hydrogen) atoms. The number of allylic oxidation sites excluding steroid dienone is 2. The van der Waals surface area contributed by atoms with Gasteiger partial charge in [0.2, 0.25) is 5.91 Å². The molecule has 0 spiro atoms. The molecule has 3 atom stereocenters. The highest BCUT2D eigenvalue weighted by molar-refractivity contribution is 5.77. The Kier molecular flexibility index (Phi) is 4.49. The average molecular weight is 353 g/mol. The first-order valence-electron chi connectivity index (χ1n) is 9.28. The Balaban J connectivity index is 1.31. The van der Waals surface area contributed by atoms with Gasteiger partial charge in [-0.1, -0.05) is 24.3 Å². The highest BCUT2D eigenvalue weighted by atomic mass is 16.2. The predicted molar refractivity (Wildman–Crippen MR) is 99.9 cm³/mol. The van der Waals surface area contributed by atoms with Crippen molar-refractivity contribution < 1.29 is 4.79 Å². The van der Waals surface area contributed by atoms with Crippen molar-refractivity contribution >= 4 is 16.8 Å². The van der Waals surface area contributed by atoms with E-state index in [0.717, 1.165) is 6.54 Å². The number of aromatic nitrogens is 2. The first kappa shape index (κ1) is 16.8. The monoisotopic (exact) mass is 353 g/mol. The Bertz CT molecular complexity index is 972. The van der Waals surface area contributed by atoms with E-state index in [4.69, 9.17) is 0 Å². The third-order valence-corrected chi connectivity index (χ3v) is 5.65. The molecule has 0 radical (unpaired) electrons. The van der Waals surface area contributed by atoms with Crippen molar-refractivity contribution in [3.8, 4) is 0 Å². The molecule has 1 aromatic heterocycles. The Morgan fingerprint density at radius 3 is 2.81 bits per heavy atom. The number of para-hydroxylation sites is 1. The van der Waals surface area contributed by atoms with Crippen LogP contribution in [0.15, 0.2) is 46.0 Å². The van der Waals surface area contributed by atoms with Gasteiger partial charge in [-0.15, -0.1) is 0 Å². The van der Waals surface area contributed by atoms with Gasteiger partial charge in [-0.2, -0.15) is 0 Å². The highest BCUT2D eigenvalue weighted by Gasteiger charge is 2.35. The number of amides is 1. The highest BCUT2D eigenvalue weighted by Crippen LogP contribution is 2.42. The van der Waals surface area contributed by atoms with Crippen molar-refractivity contribution in [2.45, 2.75) is 32.2 Å². The molecule has 4 rings (SSSR count). The van der Waals surface area contributed by atoms with Crippen LogP contribution in [0.1, 0.15) is 25.7 Å². The second-order valence-corrected chi connectivity index (χ2v) is 7.38. The van der Waals surface area contributed by atoms with Crippen LogP contribution in [0, 0.1) is 17.8 Å². The fraction of sp³-hybridized carbons (Fsp3) is 0.450. The maximum absolute atomic E-state index is 12.4. The number of nitrogens with one attached hydrogen (secondary N) is 2. The van der Waals surface area contributed by atoms with E-state index in [1.807, 2.05) is 0 Å². The van der Waals surface area contributed by atoms with E-state index in [-0.39, 0.29) is 18.0 Å². The maximum Gasteiger partial charge on any atom is 0.328 e. The van der Waals surface area contributed by atoms with Crippen molar-refractivity contribution in [3.63, 3.8) is 0 Å². The largest absolute Gasteiger partial charge is 0.356 e. The van der Waals surface area contributed by atoms with Gasteiger partial charge in [0, 0.05) is 19.5 Å². The zero-order chi connectivity index (χ0) is 18.1. The van der Waals surface area contributed by atoms with Gasteiger partial charge in [0.15, 0.2) is 0 Å². The summed E-state index contributed by atoms with van der Waals surface area (Å²) in [5.74, 6) is 1.87. The molecule has 1 aromatic carbocycles. The van der Waals surface area contributed by atoms with Crippen LogP contribution in [0.25, 0.3) is 10.9 Å². The fourth-order valence-corrected chi connectivity index (χ4v) is 4.26. The van der Waals surface area contributed by atoms with Crippen LogP contribution in [0.5, 0.6) is 0 Å². The average Bonchev–Trinajstić information content (AvgIpc) is 3.26. The molecular formula is C20H23N3O3. The van der Waals surface area contributed by atoms with E-state index in [1.165, 1.54) is 17.4 Å². The number of fused-ring (bicyclic) bond motifs is 3. The van der Waals surface area contributed by atoms with E-state index < -0.39 is 5.69 Å². The lowest BCUT2D eigenvalue weighted by Crippen LogP contribution is -2.35. The Morgan fingerprint density at radius 1 is 1.19 bits per heavy atom. The van der Waals surface area contributed by atoms with E-state index in [2.05, 4.69) is 22.5 Å². The molecule has 2 N–H and O–H groups in total. The lowest BCUT2D eigenvalue weighted by molar-refractivity contribution is -0.121. The standard InChI is InChI=1S/C20H23N3O3/c24-18(21-12-15-11-13-7-8-14(15)10-13)6-3-9-23-19(25)16-4-1-2-5-17(16)22-20(23)26/h1-2,4-5,7-8,13-15H,3,6,9-12H2,(H,21,24)(H,22,26)/t13-,14-,15-/m1/s1. The first-order valence-corrected chi connectivity index (χ1v) is 9.28. The molecular weight excluding hydrogens is 330 g/mol. The van der Waals surface area contributed by atoms with E-state index in [0.29, 0.717) is 41.5 Å². The summed E-state index contributed by atoms with van der Waals surface area (Å²) in [7, 11) is 0. The topological polar surface area (TPSA) is 84.0 Å². The van der Waals surface area contributed by atoms with Crippen molar-refractivity contribution in [1.29, 1.82) is 0 Å². The van der Waals surface area contributed by atoms with Gasteiger partial charge in [0.05, 0.1) is 10.9 Å². The van der Waals surface area contributed by atoms with Crippen molar-refractivity contribution in [2.75, 3.05) is 6.54 Å². The number of rotatable bonds is 6. The minimum Gasteiger partial charge on any atom is -0.356 e. The second kappa shape index (κ2) is 6.94. The van der Waals surface area contributed by atoms with Gasteiger partial charge in [-0.05, 0) is 49.1 Å². The number of benzene rings is 1. The van der Waals surface area contributed by atoms with Crippen LogP contribution in [0.4, 0.5) is 0 Å². The lowest BCUT2D eigenvalue weighted by atomic mass is 9.93. The number of hydrogen-bond acceptors (Lipinski definition) is 3. The predicted octanol–water partition coefficient (Wildman–Crippen LogP) is 1.80. The van der Waals surface area contributed by atoms with Gasteiger partial charge in [-0.25, -0.2) is 4.79 Å². The van der Waals surface area contributed by atoms with Crippen LogP contribution in [-0.2, 0) is 11.3 Å². The summed E-state index contributed by atoms with van der Waals surface area (Å²) < 4.78 is 1.18. The summed E-state index contributed by atoms with van der Waals surface area (Å²) >= 11 is 0. The minimum atomic E-state index is -0.428. The molecule has 0 aliphatic heterocycles. The number of carbonyl (C=O) groups is 1. The number of aromatic amines is 1. The molecule has 0 saturated heterocycles. The minimum absolute atomic E-state index is 0.0120. The summed E-state index contributed by atoms with van der Waals surface area (Å²) in [6, 6.07) is 6.95. The number of hydrogen-bond donors (Lipinski definition) is 2. The van der Waals surface area contributed by atoms with Crippen LogP contribution in [0.2, 0.25) is 0 Å². The number of carbonyl (C=O) groups excluding carboxylic acids is 1. The van der Waals surface area contributed by atoms with Gasteiger partial charge in [0.25, 0.3) is 5.56 Å². The lowest BCUT2D eigenvalue weighted by Gasteiger charge is -2.18.